The SMILES string of the molecule is [B]C(Nc1cc(Cl)c2ncc(C#N)c(N[C@H](C)C(C)(C)C)c2c1)(C1=CN(C2CC2)NN1)c1ccc(F)cc1. The third-order valence-corrected chi connectivity index (χ3v) is 7.59. The van der Waals surface area contributed by atoms with Gasteiger partial charge >= 0.3 is 0 Å². The number of fused-ring (bicyclic) bond motifs is 1. The van der Waals surface area contributed by atoms with Crippen molar-refractivity contribution in [1.82, 2.24) is 21.0 Å². The number of hydrazine groups is 2. The zero-order valence-electron chi connectivity index (χ0n) is 21.9. The smallest absolute Gasteiger partial charge is 0.123 e. The van der Waals surface area contributed by atoms with Crippen molar-refractivity contribution in [1.29, 1.82) is 5.26 Å². The second-order valence-electron chi connectivity index (χ2n) is 11.1. The Morgan fingerprint density at radius 1 is 1.24 bits per heavy atom. The molecule has 5 rings (SSSR count). The van der Waals surface area contributed by atoms with Gasteiger partial charge in [-0.3, -0.25) is 9.99 Å². The highest BCUT2D eigenvalue weighted by Crippen LogP contribution is 2.39. The molecule has 194 valence electrons. The number of nitriles is 1. The molecule has 7 nitrogen and oxygen atoms in total. The van der Waals surface area contributed by atoms with Gasteiger partial charge in [0.15, 0.2) is 0 Å². The first-order valence-electron chi connectivity index (χ1n) is 12.6. The lowest BCUT2D eigenvalue weighted by Crippen LogP contribution is -2.45. The highest BCUT2D eigenvalue weighted by atomic mass is 35.5. The van der Waals surface area contributed by atoms with Crippen LogP contribution in [0.25, 0.3) is 10.9 Å². The molecular formula is C28H30BClFN7. The second-order valence-corrected chi connectivity index (χ2v) is 11.5. The van der Waals surface area contributed by atoms with E-state index in [4.69, 9.17) is 19.4 Å². The first kappa shape index (κ1) is 26.1. The van der Waals surface area contributed by atoms with E-state index < -0.39 is 5.44 Å². The predicted octanol–water partition coefficient (Wildman–Crippen LogP) is 5.51. The number of benzene rings is 2. The summed E-state index contributed by atoms with van der Waals surface area (Å²) in [5, 5.41) is 19.9. The number of aromatic nitrogens is 1. The van der Waals surface area contributed by atoms with Crippen LogP contribution in [0.15, 0.2) is 54.5 Å². The Labute approximate surface area is 228 Å². The van der Waals surface area contributed by atoms with Crippen molar-refractivity contribution in [2.75, 3.05) is 10.6 Å². The molecule has 2 atom stereocenters. The van der Waals surface area contributed by atoms with Gasteiger partial charge in [-0.25, -0.2) is 4.39 Å². The van der Waals surface area contributed by atoms with Gasteiger partial charge in [-0.05, 0) is 55.0 Å². The van der Waals surface area contributed by atoms with E-state index in [2.05, 4.69) is 60.3 Å². The predicted molar refractivity (Wildman–Crippen MR) is 151 cm³/mol. The van der Waals surface area contributed by atoms with Crippen molar-refractivity contribution in [3.8, 4) is 6.07 Å². The monoisotopic (exact) mass is 529 g/mol. The Morgan fingerprint density at radius 3 is 2.58 bits per heavy atom. The molecule has 0 spiro atoms. The molecule has 1 aliphatic carbocycles. The van der Waals surface area contributed by atoms with Crippen LogP contribution in [0.1, 0.15) is 51.7 Å². The maximum atomic E-state index is 13.8. The topological polar surface area (TPSA) is 88.0 Å². The van der Waals surface area contributed by atoms with Crippen molar-refractivity contribution in [3.63, 3.8) is 0 Å². The molecule has 0 saturated heterocycles. The summed E-state index contributed by atoms with van der Waals surface area (Å²) in [6.07, 6.45) is 5.66. The number of pyridine rings is 1. The molecular weight excluding hydrogens is 500 g/mol. The van der Waals surface area contributed by atoms with E-state index in [-0.39, 0.29) is 17.3 Å². The lowest BCUT2D eigenvalue weighted by molar-refractivity contribution is 0.260. The van der Waals surface area contributed by atoms with Crippen LogP contribution in [0, 0.1) is 22.6 Å². The van der Waals surface area contributed by atoms with Crippen molar-refractivity contribution in [2.24, 2.45) is 5.41 Å². The maximum Gasteiger partial charge on any atom is 0.123 e. The zero-order chi connectivity index (χ0) is 27.2. The number of nitrogens with zero attached hydrogens (tertiary/aromatic N) is 3. The van der Waals surface area contributed by atoms with E-state index >= 15 is 0 Å². The minimum Gasteiger partial charge on any atom is -0.380 e. The van der Waals surface area contributed by atoms with Crippen molar-refractivity contribution in [2.45, 2.75) is 58.1 Å². The van der Waals surface area contributed by atoms with Crippen LogP contribution in [0.4, 0.5) is 15.8 Å². The normalized spacial score (nSPS) is 17.8. The average Bonchev–Trinajstić information content (AvgIpc) is 3.59. The van der Waals surface area contributed by atoms with E-state index in [1.54, 1.807) is 18.2 Å². The van der Waals surface area contributed by atoms with Crippen LogP contribution in [-0.4, -0.2) is 29.9 Å². The lowest BCUT2D eigenvalue weighted by atomic mass is 9.69. The van der Waals surface area contributed by atoms with Crippen LogP contribution < -0.4 is 21.6 Å². The van der Waals surface area contributed by atoms with Crippen LogP contribution in [-0.2, 0) is 5.44 Å². The number of anilines is 2. The van der Waals surface area contributed by atoms with Crippen molar-refractivity contribution in [3.05, 3.63) is 76.5 Å². The minimum absolute atomic E-state index is 0.0516. The van der Waals surface area contributed by atoms with Gasteiger partial charge in [0, 0.05) is 35.6 Å². The van der Waals surface area contributed by atoms with Gasteiger partial charge in [0.05, 0.1) is 32.9 Å². The second kappa shape index (κ2) is 9.68. The molecule has 38 heavy (non-hydrogen) atoms. The molecule has 2 aromatic carbocycles. The van der Waals surface area contributed by atoms with E-state index in [0.717, 1.165) is 12.8 Å². The molecule has 0 bridgehead atoms. The Morgan fingerprint density at radius 2 is 1.95 bits per heavy atom. The summed E-state index contributed by atoms with van der Waals surface area (Å²) in [6.45, 7) is 8.47. The van der Waals surface area contributed by atoms with Gasteiger partial charge in [-0.1, -0.05) is 44.5 Å². The Balaban J connectivity index is 1.61. The molecule has 2 heterocycles. The summed E-state index contributed by atoms with van der Waals surface area (Å²) in [7, 11) is 7.06. The van der Waals surface area contributed by atoms with E-state index in [1.165, 1.54) is 18.3 Å². The molecule has 0 amide bonds. The summed E-state index contributed by atoms with van der Waals surface area (Å²) >= 11 is 6.73. The van der Waals surface area contributed by atoms with E-state index in [9.17, 15) is 9.65 Å². The Bertz CT molecular complexity index is 1440. The minimum atomic E-state index is -1.26. The fourth-order valence-corrected chi connectivity index (χ4v) is 4.59. The van der Waals surface area contributed by atoms with Gasteiger partial charge in [0.1, 0.15) is 19.7 Å². The van der Waals surface area contributed by atoms with Crippen molar-refractivity contribution >= 4 is 41.7 Å². The number of halogens is 2. The van der Waals surface area contributed by atoms with Crippen LogP contribution in [0.5, 0.6) is 0 Å². The molecule has 4 N–H and O–H groups in total. The largest absolute Gasteiger partial charge is 0.380 e. The molecule has 2 aliphatic rings. The fourth-order valence-electron chi connectivity index (χ4n) is 4.32. The van der Waals surface area contributed by atoms with Gasteiger partial charge in [-0.2, -0.15) is 5.26 Å². The number of hydrogen-bond acceptors (Lipinski definition) is 7. The quantitative estimate of drug-likeness (QED) is 0.300. The van der Waals surface area contributed by atoms with E-state index in [1.807, 2.05) is 17.3 Å². The lowest BCUT2D eigenvalue weighted by Gasteiger charge is -2.34. The van der Waals surface area contributed by atoms with Gasteiger partial charge in [0.2, 0.25) is 0 Å². The molecule has 1 aliphatic heterocycles. The molecule has 2 radical (unpaired) electrons. The number of hydrogen-bond donors (Lipinski definition) is 4. The van der Waals surface area contributed by atoms with Gasteiger partial charge in [0.25, 0.3) is 0 Å². The molecule has 3 aromatic rings. The summed E-state index contributed by atoms with van der Waals surface area (Å²) < 4.78 is 13.8. The standard InChI is InChI=1S/C28H30BClFN7/c1-16(27(2,3)4)34-25-17(13-32)14-33-26-22(25)11-20(12-23(26)30)35-28(29,18-5-7-19(31)8-6-18)24-15-38(37-36-24)21-9-10-21/h5-8,11-12,14-16,21,35-37H,9-10H2,1-4H3,(H,33,34)/t16-,28?/m1/s1. The molecule has 1 unspecified atom stereocenters. The van der Waals surface area contributed by atoms with E-state index in [0.29, 0.717) is 50.2 Å². The van der Waals surface area contributed by atoms with Crippen LogP contribution in [0.3, 0.4) is 0 Å². The highest BCUT2D eigenvalue weighted by Gasteiger charge is 2.38. The average molecular weight is 530 g/mol. The fraction of sp³-hybridized carbons (Fsp3) is 0.357. The summed E-state index contributed by atoms with van der Waals surface area (Å²) in [5.41, 5.74) is 8.61. The molecule has 1 saturated carbocycles. The third kappa shape index (κ3) is 4.98. The summed E-state index contributed by atoms with van der Waals surface area (Å²) in [4.78, 5) is 4.47. The van der Waals surface area contributed by atoms with Crippen LogP contribution in [0.2, 0.25) is 5.02 Å². The van der Waals surface area contributed by atoms with Gasteiger partial charge in [-0.15, -0.1) is 5.53 Å². The Kier molecular flexibility index (Phi) is 6.66. The summed E-state index contributed by atoms with van der Waals surface area (Å²) in [5.74, 6) is -0.352. The maximum absolute atomic E-state index is 13.8. The van der Waals surface area contributed by atoms with Crippen LogP contribution >= 0.6 is 11.6 Å². The molecule has 1 fully saturated rings. The molecule has 10 heteroatoms. The highest BCUT2D eigenvalue weighted by molar-refractivity contribution is 6.36. The zero-order valence-corrected chi connectivity index (χ0v) is 22.6. The number of nitrogens with one attached hydrogen (secondary N) is 4. The number of rotatable bonds is 7. The first-order valence-corrected chi connectivity index (χ1v) is 13.0. The summed E-state index contributed by atoms with van der Waals surface area (Å²) in [6, 6.07) is 12.4. The van der Waals surface area contributed by atoms with Crippen molar-refractivity contribution < 1.29 is 4.39 Å². The first-order chi connectivity index (χ1) is 18.0. The Hall–Kier alpha value is -3.48. The third-order valence-electron chi connectivity index (χ3n) is 7.30. The molecule has 1 aromatic heterocycles. The van der Waals surface area contributed by atoms with Gasteiger partial charge < -0.3 is 16.1 Å².